The maximum atomic E-state index is 13.5. The molecule has 0 rings (SSSR count). The zero-order valence-corrected chi connectivity index (χ0v) is 37.9. The molecule has 0 bridgehead atoms. The summed E-state index contributed by atoms with van der Waals surface area (Å²) in [5, 5.41) is 6.07. The maximum Gasteiger partial charge on any atom is 0.239 e. The Morgan fingerprint density at radius 2 is 0.724 bits per heavy atom. The van der Waals surface area contributed by atoms with Crippen molar-refractivity contribution in [3.8, 4) is 0 Å². The van der Waals surface area contributed by atoms with Crippen LogP contribution in [0.25, 0.3) is 0 Å². The van der Waals surface area contributed by atoms with Crippen molar-refractivity contribution in [3.05, 3.63) is 0 Å². The smallest absolute Gasteiger partial charge is 0.239 e. The monoisotopic (exact) mass is 823 g/mol. The fourth-order valence-corrected chi connectivity index (χ4v) is 7.33. The van der Waals surface area contributed by atoms with Crippen molar-refractivity contribution in [2.75, 3.05) is 52.4 Å². The first-order valence-electron chi connectivity index (χ1n) is 24.2. The molecule has 10 N–H and O–H groups in total. The SMILES string of the molecule is CCCCCCCCCCCCNC(=O)CCN(CCCCN(CCC(=O)NCCCCCCCCCCCC)C(=O)C(N)CCCCN)C(=O)C(N)CCCCN. The number of nitrogens with one attached hydrogen (secondary N) is 2. The number of nitrogens with zero attached hydrogens (tertiary/aromatic N) is 2. The van der Waals surface area contributed by atoms with E-state index in [2.05, 4.69) is 24.5 Å². The molecule has 0 aliphatic carbocycles. The number of unbranched alkanes of at least 4 members (excludes halogenated alkanes) is 21. The van der Waals surface area contributed by atoms with Gasteiger partial charge in [0.15, 0.2) is 0 Å². The van der Waals surface area contributed by atoms with Crippen LogP contribution in [0, 0.1) is 0 Å². The molecule has 0 saturated carbocycles. The van der Waals surface area contributed by atoms with Crippen LogP contribution in [0.2, 0.25) is 0 Å². The van der Waals surface area contributed by atoms with E-state index < -0.39 is 12.1 Å². The lowest BCUT2D eigenvalue weighted by molar-refractivity contribution is -0.135. The maximum absolute atomic E-state index is 13.5. The van der Waals surface area contributed by atoms with Gasteiger partial charge in [-0.1, -0.05) is 142 Å². The molecule has 342 valence electrons. The summed E-state index contributed by atoms with van der Waals surface area (Å²) < 4.78 is 0. The Hall–Kier alpha value is -2.28. The minimum Gasteiger partial charge on any atom is -0.356 e. The highest BCUT2D eigenvalue weighted by molar-refractivity contribution is 5.83. The normalized spacial score (nSPS) is 12.3. The van der Waals surface area contributed by atoms with E-state index in [-0.39, 0.29) is 36.5 Å². The van der Waals surface area contributed by atoms with Crippen LogP contribution in [0.15, 0.2) is 0 Å². The van der Waals surface area contributed by atoms with Gasteiger partial charge in [0.1, 0.15) is 0 Å². The van der Waals surface area contributed by atoms with Gasteiger partial charge in [-0.15, -0.1) is 0 Å². The third-order valence-corrected chi connectivity index (χ3v) is 11.2. The van der Waals surface area contributed by atoms with Crippen molar-refractivity contribution in [1.29, 1.82) is 0 Å². The van der Waals surface area contributed by atoms with E-state index in [1.54, 1.807) is 9.80 Å². The molecule has 0 fully saturated rings. The lowest BCUT2D eigenvalue weighted by Gasteiger charge is -2.28. The summed E-state index contributed by atoms with van der Waals surface area (Å²) in [4.78, 5) is 55.9. The van der Waals surface area contributed by atoms with Gasteiger partial charge in [0, 0.05) is 52.1 Å². The van der Waals surface area contributed by atoms with Gasteiger partial charge < -0.3 is 43.4 Å². The molecule has 2 atom stereocenters. The molecule has 0 aromatic heterocycles. The lowest BCUT2D eigenvalue weighted by atomic mass is 10.1. The predicted molar refractivity (Wildman–Crippen MR) is 243 cm³/mol. The number of hydrogen-bond donors (Lipinski definition) is 6. The molecular formula is C46H94N8O4. The summed E-state index contributed by atoms with van der Waals surface area (Å²) in [6.45, 7) is 8.34. The molecule has 0 heterocycles. The Kier molecular flexibility index (Phi) is 39.8. The Morgan fingerprint density at radius 3 is 1.03 bits per heavy atom. The molecule has 0 aromatic carbocycles. The molecule has 2 unspecified atom stereocenters. The molecule has 0 saturated heterocycles. The molecule has 4 amide bonds. The molecule has 58 heavy (non-hydrogen) atoms. The Balaban J connectivity index is 4.96. The molecular weight excluding hydrogens is 729 g/mol. The summed E-state index contributed by atoms with van der Waals surface area (Å²) in [5.74, 6) is -0.434. The second kappa shape index (κ2) is 41.5. The van der Waals surface area contributed by atoms with Gasteiger partial charge in [-0.25, -0.2) is 0 Å². The van der Waals surface area contributed by atoms with Crippen LogP contribution in [0.5, 0.6) is 0 Å². The predicted octanol–water partition coefficient (Wildman–Crippen LogP) is 7.19. The van der Waals surface area contributed by atoms with Crippen LogP contribution in [-0.4, -0.2) is 97.9 Å². The van der Waals surface area contributed by atoms with E-state index in [4.69, 9.17) is 22.9 Å². The van der Waals surface area contributed by atoms with E-state index >= 15 is 0 Å². The van der Waals surface area contributed by atoms with Crippen molar-refractivity contribution in [2.24, 2.45) is 22.9 Å². The van der Waals surface area contributed by atoms with Gasteiger partial charge >= 0.3 is 0 Å². The fourth-order valence-electron chi connectivity index (χ4n) is 7.33. The minimum atomic E-state index is -0.648. The van der Waals surface area contributed by atoms with Crippen LogP contribution in [0.3, 0.4) is 0 Å². The lowest BCUT2D eigenvalue weighted by Crippen LogP contribution is -2.46. The molecule has 0 aliphatic rings. The second-order valence-electron chi connectivity index (χ2n) is 16.7. The highest BCUT2D eigenvalue weighted by Gasteiger charge is 2.23. The highest BCUT2D eigenvalue weighted by atomic mass is 16.2. The van der Waals surface area contributed by atoms with Crippen molar-refractivity contribution in [3.63, 3.8) is 0 Å². The molecule has 0 aliphatic heterocycles. The van der Waals surface area contributed by atoms with Gasteiger partial charge in [-0.2, -0.15) is 0 Å². The Bertz CT molecular complexity index is 911. The van der Waals surface area contributed by atoms with E-state index in [0.29, 0.717) is 78.0 Å². The second-order valence-corrected chi connectivity index (χ2v) is 16.7. The Morgan fingerprint density at radius 1 is 0.414 bits per heavy atom. The fraction of sp³-hybridized carbons (Fsp3) is 0.913. The van der Waals surface area contributed by atoms with Crippen molar-refractivity contribution in [2.45, 2.75) is 219 Å². The van der Waals surface area contributed by atoms with Crippen molar-refractivity contribution in [1.82, 2.24) is 20.4 Å². The number of carbonyl (C=O) groups excluding carboxylic acids is 4. The number of nitrogens with two attached hydrogens (primary N) is 4. The molecule has 12 nitrogen and oxygen atoms in total. The van der Waals surface area contributed by atoms with E-state index in [9.17, 15) is 19.2 Å². The third kappa shape index (κ3) is 33.5. The minimum absolute atomic E-state index is 0.0581. The van der Waals surface area contributed by atoms with Gasteiger partial charge in [0.05, 0.1) is 12.1 Å². The topological polar surface area (TPSA) is 203 Å². The third-order valence-electron chi connectivity index (χ3n) is 11.2. The van der Waals surface area contributed by atoms with Crippen molar-refractivity contribution < 1.29 is 19.2 Å². The van der Waals surface area contributed by atoms with Crippen LogP contribution in [0.1, 0.15) is 206 Å². The van der Waals surface area contributed by atoms with Crippen LogP contribution in [0.4, 0.5) is 0 Å². The first-order valence-corrected chi connectivity index (χ1v) is 24.2. The van der Waals surface area contributed by atoms with E-state index in [1.807, 2.05) is 0 Å². The molecule has 0 radical (unpaired) electrons. The average Bonchev–Trinajstić information content (AvgIpc) is 3.22. The zero-order chi connectivity index (χ0) is 42.9. The quantitative estimate of drug-likeness (QED) is 0.0347. The summed E-state index contributed by atoms with van der Waals surface area (Å²) in [6, 6.07) is -1.30. The number of hydrogen-bond acceptors (Lipinski definition) is 8. The van der Waals surface area contributed by atoms with Gasteiger partial charge in [-0.05, 0) is 64.5 Å². The zero-order valence-electron chi connectivity index (χ0n) is 37.9. The summed E-state index contributed by atoms with van der Waals surface area (Å²) in [5.41, 5.74) is 24.0. The summed E-state index contributed by atoms with van der Waals surface area (Å²) >= 11 is 0. The largest absolute Gasteiger partial charge is 0.356 e. The number of carbonyl (C=O) groups is 4. The Labute approximate surface area is 356 Å². The van der Waals surface area contributed by atoms with Gasteiger partial charge in [0.2, 0.25) is 23.6 Å². The molecule has 0 aromatic rings. The summed E-state index contributed by atoms with van der Waals surface area (Å²) in [7, 11) is 0. The summed E-state index contributed by atoms with van der Waals surface area (Å²) in [6.07, 6.45) is 30.8. The standard InChI is InChI=1S/C46H94N8O4/c1-3-5-7-9-11-13-15-17-19-25-35-51-43(55)31-39-53(45(57)41(49)29-21-23-33-47)37-27-28-38-54(46(58)42(50)30-22-24-34-48)40-32-44(56)52-36-26-20-18-16-14-12-10-8-6-4-2/h41-42H,3-40,47-50H2,1-2H3,(H,51,55)(H,52,56). The van der Waals surface area contributed by atoms with Crippen LogP contribution in [-0.2, 0) is 19.2 Å². The van der Waals surface area contributed by atoms with E-state index in [0.717, 1.165) is 51.4 Å². The molecule has 0 spiro atoms. The highest BCUT2D eigenvalue weighted by Crippen LogP contribution is 2.13. The van der Waals surface area contributed by atoms with E-state index in [1.165, 1.54) is 103 Å². The van der Waals surface area contributed by atoms with Crippen LogP contribution < -0.4 is 33.6 Å². The first-order chi connectivity index (χ1) is 28.2. The van der Waals surface area contributed by atoms with Gasteiger partial charge in [-0.3, -0.25) is 19.2 Å². The van der Waals surface area contributed by atoms with Crippen LogP contribution >= 0.6 is 0 Å². The number of amides is 4. The first kappa shape index (κ1) is 55.7. The average molecular weight is 823 g/mol. The molecule has 12 heteroatoms. The van der Waals surface area contributed by atoms with Crippen molar-refractivity contribution >= 4 is 23.6 Å². The van der Waals surface area contributed by atoms with Gasteiger partial charge in [0.25, 0.3) is 0 Å². The number of rotatable bonds is 43.